The third-order valence-electron chi connectivity index (χ3n) is 5.77. The van der Waals surface area contributed by atoms with Crippen molar-refractivity contribution in [2.24, 2.45) is 5.92 Å². The van der Waals surface area contributed by atoms with E-state index in [0.717, 1.165) is 5.56 Å². The average molecular weight is 447 g/mol. The fourth-order valence-electron chi connectivity index (χ4n) is 4.12. The first-order valence-corrected chi connectivity index (χ1v) is 10.4. The van der Waals surface area contributed by atoms with Crippen molar-refractivity contribution in [1.82, 2.24) is 20.4 Å². The SMILES string of the molecule is C[C@@H]1C(=O)NCCN1C(=O)N[C@@H](c1ccc(Cl)cc1)C1CCN(CC(F)(F)F)CC1. The number of halogens is 4. The number of likely N-dealkylation sites (tertiary alicyclic amines) is 1. The van der Waals surface area contributed by atoms with Crippen LogP contribution in [0.4, 0.5) is 18.0 Å². The summed E-state index contributed by atoms with van der Waals surface area (Å²) in [5, 5.41) is 6.31. The molecule has 2 saturated heterocycles. The van der Waals surface area contributed by atoms with Gasteiger partial charge in [0.1, 0.15) is 6.04 Å². The monoisotopic (exact) mass is 446 g/mol. The number of carbonyl (C=O) groups excluding carboxylic acids is 2. The van der Waals surface area contributed by atoms with Gasteiger partial charge in [0.15, 0.2) is 0 Å². The van der Waals surface area contributed by atoms with E-state index in [1.807, 2.05) is 12.1 Å². The lowest BCUT2D eigenvalue weighted by atomic mass is 9.85. The Morgan fingerprint density at radius 1 is 1.23 bits per heavy atom. The van der Waals surface area contributed by atoms with Crippen molar-refractivity contribution in [3.05, 3.63) is 34.9 Å². The van der Waals surface area contributed by atoms with Crippen LogP contribution in [-0.4, -0.2) is 66.7 Å². The van der Waals surface area contributed by atoms with Crippen LogP contribution in [0.5, 0.6) is 0 Å². The van der Waals surface area contributed by atoms with Gasteiger partial charge in [0.25, 0.3) is 0 Å². The Labute approximate surface area is 178 Å². The van der Waals surface area contributed by atoms with Gasteiger partial charge in [-0.2, -0.15) is 13.2 Å². The number of alkyl halides is 3. The van der Waals surface area contributed by atoms with Gasteiger partial charge in [0.2, 0.25) is 5.91 Å². The molecule has 0 saturated carbocycles. The van der Waals surface area contributed by atoms with E-state index in [0.29, 0.717) is 44.0 Å². The predicted molar refractivity (Wildman–Crippen MR) is 107 cm³/mol. The van der Waals surface area contributed by atoms with Crippen LogP contribution >= 0.6 is 11.6 Å². The highest BCUT2D eigenvalue weighted by Gasteiger charge is 2.36. The van der Waals surface area contributed by atoms with Gasteiger partial charge in [-0.3, -0.25) is 9.69 Å². The highest BCUT2D eigenvalue weighted by Crippen LogP contribution is 2.33. The molecule has 0 aromatic heterocycles. The van der Waals surface area contributed by atoms with Gasteiger partial charge in [-0.1, -0.05) is 23.7 Å². The number of nitrogens with one attached hydrogen (secondary N) is 2. The molecule has 0 aliphatic carbocycles. The second-order valence-electron chi connectivity index (χ2n) is 7.87. The van der Waals surface area contributed by atoms with Crippen molar-refractivity contribution < 1.29 is 22.8 Å². The molecule has 2 heterocycles. The Kier molecular flexibility index (Phi) is 7.13. The van der Waals surface area contributed by atoms with Gasteiger partial charge >= 0.3 is 12.2 Å². The summed E-state index contributed by atoms with van der Waals surface area (Å²) in [6.07, 6.45) is -3.17. The largest absolute Gasteiger partial charge is 0.401 e. The van der Waals surface area contributed by atoms with Gasteiger partial charge in [-0.15, -0.1) is 0 Å². The van der Waals surface area contributed by atoms with E-state index < -0.39 is 18.8 Å². The van der Waals surface area contributed by atoms with Gasteiger partial charge in [0.05, 0.1) is 12.6 Å². The Balaban J connectivity index is 1.72. The van der Waals surface area contributed by atoms with Crippen molar-refractivity contribution in [3.63, 3.8) is 0 Å². The molecule has 0 bridgehead atoms. The van der Waals surface area contributed by atoms with Crippen LogP contribution in [0, 0.1) is 5.92 Å². The normalized spacial score (nSPS) is 22.5. The molecule has 2 aliphatic heterocycles. The molecule has 3 rings (SSSR count). The molecular formula is C20H26ClF3N4O2. The van der Waals surface area contributed by atoms with Crippen LogP contribution in [0.15, 0.2) is 24.3 Å². The first-order chi connectivity index (χ1) is 14.1. The lowest BCUT2D eigenvalue weighted by Gasteiger charge is -2.39. The zero-order chi connectivity index (χ0) is 21.9. The van der Waals surface area contributed by atoms with E-state index in [2.05, 4.69) is 10.6 Å². The quantitative estimate of drug-likeness (QED) is 0.746. The minimum Gasteiger partial charge on any atom is -0.353 e. The Morgan fingerprint density at radius 3 is 2.47 bits per heavy atom. The molecule has 1 aromatic rings. The fraction of sp³-hybridized carbons (Fsp3) is 0.600. The number of benzene rings is 1. The molecule has 2 aliphatic rings. The number of hydrogen-bond acceptors (Lipinski definition) is 3. The maximum Gasteiger partial charge on any atom is 0.401 e. The molecule has 0 radical (unpaired) electrons. The van der Waals surface area contributed by atoms with Crippen molar-refractivity contribution in [2.45, 2.75) is 38.0 Å². The number of hydrogen-bond donors (Lipinski definition) is 2. The maximum atomic E-state index is 12.9. The van der Waals surface area contributed by atoms with Gasteiger partial charge < -0.3 is 15.5 Å². The molecule has 0 spiro atoms. The zero-order valence-corrected chi connectivity index (χ0v) is 17.5. The molecule has 0 unspecified atom stereocenters. The second-order valence-corrected chi connectivity index (χ2v) is 8.30. The van der Waals surface area contributed by atoms with Crippen LogP contribution in [0.2, 0.25) is 5.02 Å². The van der Waals surface area contributed by atoms with E-state index in [4.69, 9.17) is 11.6 Å². The van der Waals surface area contributed by atoms with Crippen LogP contribution < -0.4 is 10.6 Å². The minimum absolute atomic E-state index is 0.0199. The van der Waals surface area contributed by atoms with Gasteiger partial charge in [-0.25, -0.2) is 4.79 Å². The second kappa shape index (κ2) is 9.43. The highest BCUT2D eigenvalue weighted by atomic mass is 35.5. The summed E-state index contributed by atoms with van der Waals surface area (Å²) >= 11 is 5.99. The number of rotatable bonds is 4. The molecule has 1 aromatic carbocycles. The lowest BCUT2D eigenvalue weighted by Crippen LogP contribution is -2.59. The third kappa shape index (κ3) is 5.78. The topological polar surface area (TPSA) is 64.7 Å². The first-order valence-electron chi connectivity index (χ1n) is 10.0. The molecule has 30 heavy (non-hydrogen) atoms. The van der Waals surface area contributed by atoms with E-state index >= 15 is 0 Å². The summed E-state index contributed by atoms with van der Waals surface area (Å²) in [4.78, 5) is 27.7. The number of piperidine rings is 1. The Hall–Kier alpha value is -2.00. The number of urea groups is 1. The predicted octanol–water partition coefficient (Wildman–Crippen LogP) is 3.19. The van der Waals surface area contributed by atoms with Gasteiger partial charge in [-0.05, 0) is 56.5 Å². The Bertz CT molecular complexity index is 751. The summed E-state index contributed by atoms with van der Waals surface area (Å²) in [5.74, 6) is -0.228. The smallest absolute Gasteiger partial charge is 0.353 e. The van der Waals surface area contributed by atoms with Crippen LogP contribution in [0.3, 0.4) is 0 Å². The number of piperazine rings is 1. The van der Waals surface area contributed by atoms with E-state index in [1.54, 1.807) is 19.1 Å². The van der Waals surface area contributed by atoms with Crippen molar-refractivity contribution >= 4 is 23.5 Å². The van der Waals surface area contributed by atoms with Crippen LogP contribution in [-0.2, 0) is 4.79 Å². The summed E-state index contributed by atoms with van der Waals surface area (Å²) in [7, 11) is 0. The summed E-state index contributed by atoms with van der Waals surface area (Å²) < 4.78 is 38.1. The van der Waals surface area contributed by atoms with Crippen LogP contribution in [0.1, 0.15) is 31.4 Å². The molecule has 6 nitrogen and oxygen atoms in total. The molecule has 166 valence electrons. The van der Waals surface area contributed by atoms with E-state index in [1.165, 1.54) is 9.80 Å². The summed E-state index contributed by atoms with van der Waals surface area (Å²) in [5.41, 5.74) is 0.844. The molecular weight excluding hydrogens is 421 g/mol. The molecule has 2 N–H and O–H groups in total. The van der Waals surface area contributed by atoms with Crippen molar-refractivity contribution in [1.29, 1.82) is 0 Å². The number of nitrogens with zero attached hydrogens (tertiary/aromatic N) is 2. The van der Waals surface area contributed by atoms with Crippen molar-refractivity contribution in [2.75, 3.05) is 32.7 Å². The van der Waals surface area contributed by atoms with Crippen LogP contribution in [0.25, 0.3) is 0 Å². The maximum absolute atomic E-state index is 12.9. The fourth-order valence-corrected chi connectivity index (χ4v) is 4.24. The summed E-state index contributed by atoms with van der Waals surface area (Å²) in [6, 6.07) is 5.79. The number of carbonyl (C=O) groups is 2. The molecule has 2 fully saturated rings. The summed E-state index contributed by atoms with van der Waals surface area (Å²) in [6.45, 7) is 2.16. The minimum atomic E-state index is -4.22. The Morgan fingerprint density at radius 2 is 1.87 bits per heavy atom. The standard InChI is InChI=1S/C20H26ClF3N4O2/c1-13-18(29)25-8-11-28(13)19(30)26-17(14-2-4-16(21)5-3-14)15-6-9-27(10-7-15)12-20(22,23)24/h2-5,13,15,17H,6-12H2,1H3,(H,25,29)(H,26,30)/t13-,17+/m1/s1. The first kappa shape index (κ1) is 22.7. The number of amides is 3. The third-order valence-corrected chi connectivity index (χ3v) is 6.03. The molecule has 3 amide bonds. The average Bonchev–Trinajstić information content (AvgIpc) is 2.68. The van der Waals surface area contributed by atoms with E-state index in [9.17, 15) is 22.8 Å². The van der Waals surface area contributed by atoms with E-state index in [-0.39, 0.29) is 23.9 Å². The molecule has 10 heteroatoms. The lowest BCUT2D eigenvalue weighted by molar-refractivity contribution is -0.148. The van der Waals surface area contributed by atoms with Gasteiger partial charge in [0, 0.05) is 18.1 Å². The molecule has 2 atom stereocenters. The van der Waals surface area contributed by atoms with Crippen molar-refractivity contribution in [3.8, 4) is 0 Å². The zero-order valence-electron chi connectivity index (χ0n) is 16.7. The highest BCUT2D eigenvalue weighted by molar-refractivity contribution is 6.30.